The minimum Gasteiger partial charge on any atom is -0.338 e. The molecule has 0 radical (unpaired) electrons. The predicted molar refractivity (Wildman–Crippen MR) is 74.4 cm³/mol. The Kier molecular flexibility index (Phi) is 4.58. The molecule has 0 saturated carbocycles. The molecule has 1 amide bonds. The van der Waals surface area contributed by atoms with Crippen LogP contribution in [0.3, 0.4) is 0 Å². The predicted octanol–water partition coefficient (Wildman–Crippen LogP) is 1.60. The first-order valence-corrected chi connectivity index (χ1v) is 7.18. The van der Waals surface area contributed by atoms with Crippen molar-refractivity contribution in [1.82, 2.24) is 14.7 Å². The van der Waals surface area contributed by atoms with Crippen LogP contribution < -0.4 is 5.73 Å². The zero-order chi connectivity index (χ0) is 13.8. The molecule has 1 aliphatic rings. The molecule has 0 spiro atoms. The van der Waals surface area contributed by atoms with Crippen LogP contribution >= 0.6 is 0 Å². The average molecular weight is 264 g/mol. The van der Waals surface area contributed by atoms with Gasteiger partial charge in [0.2, 0.25) is 5.91 Å². The highest BCUT2D eigenvalue weighted by molar-refractivity contribution is 5.83. The summed E-state index contributed by atoms with van der Waals surface area (Å²) in [6, 6.07) is -0.237. The van der Waals surface area contributed by atoms with Gasteiger partial charge in [0.05, 0.1) is 6.20 Å². The lowest BCUT2D eigenvalue weighted by molar-refractivity contribution is -0.135. The van der Waals surface area contributed by atoms with E-state index < -0.39 is 6.04 Å². The molecule has 0 aromatic carbocycles. The zero-order valence-corrected chi connectivity index (χ0v) is 11.9. The third kappa shape index (κ3) is 3.15. The number of hydrogen-bond donors (Lipinski definition) is 1. The SMILES string of the molecule is CCC1CCCCCN1C(=O)C(N)c1cnn(C)c1. The number of carbonyl (C=O) groups excluding carboxylic acids is 1. The standard InChI is InChI=1S/C14H24N4O/c1-3-12-7-5-4-6-8-18(12)14(19)13(15)11-9-16-17(2)10-11/h9-10,12-13H,3-8,15H2,1-2H3. The summed E-state index contributed by atoms with van der Waals surface area (Å²) in [5.41, 5.74) is 6.90. The normalized spacial score (nSPS) is 22.1. The van der Waals surface area contributed by atoms with Gasteiger partial charge in [0, 0.05) is 31.4 Å². The maximum Gasteiger partial charge on any atom is 0.244 e. The van der Waals surface area contributed by atoms with Gasteiger partial charge in [0.25, 0.3) is 0 Å². The quantitative estimate of drug-likeness (QED) is 0.902. The number of nitrogens with zero attached hydrogens (tertiary/aromatic N) is 3. The first-order chi connectivity index (χ1) is 9.13. The Morgan fingerprint density at radius 3 is 2.95 bits per heavy atom. The van der Waals surface area contributed by atoms with Crippen LogP contribution in [-0.2, 0) is 11.8 Å². The minimum atomic E-state index is -0.583. The maximum atomic E-state index is 12.6. The van der Waals surface area contributed by atoms with Gasteiger partial charge in [-0.05, 0) is 19.3 Å². The lowest BCUT2D eigenvalue weighted by Crippen LogP contribution is -2.44. The summed E-state index contributed by atoms with van der Waals surface area (Å²) in [4.78, 5) is 14.6. The van der Waals surface area contributed by atoms with Gasteiger partial charge in [0.15, 0.2) is 0 Å². The summed E-state index contributed by atoms with van der Waals surface area (Å²) < 4.78 is 1.68. The van der Waals surface area contributed by atoms with E-state index in [1.165, 1.54) is 12.8 Å². The smallest absolute Gasteiger partial charge is 0.244 e. The second-order valence-corrected chi connectivity index (χ2v) is 5.37. The molecular weight excluding hydrogens is 240 g/mol. The van der Waals surface area contributed by atoms with Crippen molar-refractivity contribution in [1.29, 1.82) is 0 Å². The topological polar surface area (TPSA) is 64.2 Å². The molecule has 2 unspecified atom stereocenters. The fourth-order valence-corrected chi connectivity index (χ4v) is 2.81. The molecule has 1 fully saturated rings. The Labute approximate surface area is 114 Å². The molecule has 0 aliphatic carbocycles. The summed E-state index contributed by atoms with van der Waals surface area (Å²) >= 11 is 0. The Morgan fingerprint density at radius 1 is 1.53 bits per heavy atom. The van der Waals surface area contributed by atoms with Crippen molar-refractivity contribution in [2.45, 2.75) is 51.1 Å². The summed E-state index contributed by atoms with van der Waals surface area (Å²) in [5, 5.41) is 4.09. The van der Waals surface area contributed by atoms with Gasteiger partial charge in [-0.2, -0.15) is 5.10 Å². The number of nitrogens with two attached hydrogens (primary N) is 1. The lowest BCUT2D eigenvalue weighted by atomic mass is 10.1. The number of likely N-dealkylation sites (tertiary alicyclic amines) is 1. The van der Waals surface area contributed by atoms with Crippen LogP contribution in [0.5, 0.6) is 0 Å². The van der Waals surface area contributed by atoms with Crippen molar-refractivity contribution >= 4 is 5.91 Å². The molecule has 2 rings (SSSR count). The van der Waals surface area contributed by atoms with Crippen LogP contribution in [0.15, 0.2) is 12.4 Å². The summed E-state index contributed by atoms with van der Waals surface area (Å²) in [7, 11) is 1.83. The summed E-state index contributed by atoms with van der Waals surface area (Å²) in [6.07, 6.45) is 9.12. The summed E-state index contributed by atoms with van der Waals surface area (Å²) in [6.45, 7) is 2.98. The number of rotatable bonds is 3. The van der Waals surface area contributed by atoms with Crippen LogP contribution in [0.4, 0.5) is 0 Å². The Bertz CT molecular complexity index is 429. The largest absolute Gasteiger partial charge is 0.338 e. The van der Waals surface area contributed by atoms with Crippen LogP contribution in [0.25, 0.3) is 0 Å². The van der Waals surface area contributed by atoms with Crippen LogP contribution in [0.1, 0.15) is 50.6 Å². The highest BCUT2D eigenvalue weighted by Crippen LogP contribution is 2.22. The molecule has 2 N–H and O–H groups in total. The van der Waals surface area contributed by atoms with Crippen LogP contribution in [-0.4, -0.2) is 33.2 Å². The van der Waals surface area contributed by atoms with E-state index in [9.17, 15) is 4.79 Å². The minimum absolute atomic E-state index is 0.0433. The molecule has 2 heterocycles. The molecule has 1 saturated heterocycles. The first kappa shape index (κ1) is 14.1. The fraction of sp³-hybridized carbons (Fsp3) is 0.714. The molecular formula is C14H24N4O. The first-order valence-electron chi connectivity index (χ1n) is 7.18. The highest BCUT2D eigenvalue weighted by atomic mass is 16.2. The van der Waals surface area contributed by atoms with Gasteiger partial charge in [-0.25, -0.2) is 0 Å². The summed E-state index contributed by atoms with van der Waals surface area (Å²) in [5.74, 6) is 0.0433. The lowest BCUT2D eigenvalue weighted by Gasteiger charge is -2.31. The molecule has 5 nitrogen and oxygen atoms in total. The van der Waals surface area contributed by atoms with Crippen molar-refractivity contribution in [3.63, 3.8) is 0 Å². The van der Waals surface area contributed by atoms with Gasteiger partial charge in [-0.3, -0.25) is 9.48 Å². The van der Waals surface area contributed by atoms with Gasteiger partial charge in [0.1, 0.15) is 6.04 Å². The third-order valence-electron chi connectivity index (χ3n) is 3.98. The zero-order valence-electron chi connectivity index (χ0n) is 11.9. The van der Waals surface area contributed by atoms with Crippen molar-refractivity contribution in [2.24, 2.45) is 12.8 Å². The average Bonchev–Trinajstić information content (AvgIpc) is 2.71. The monoisotopic (exact) mass is 264 g/mol. The van der Waals surface area contributed by atoms with Gasteiger partial charge >= 0.3 is 0 Å². The van der Waals surface area contributed by atoms with Crippen molar-refractivity contribution in [3.8, 4) is 0 Å². The van der Waals surface area contributed by atoms with Gasteiger partial charge in [-0.1, -0.05) is 19.8 Å². The van der Waals surface area contributed by atoms with E-state index in [0.717, 1.165) is 31.4 Å². The molecule has 5 heteroatoms. The van der Waals surface area contributed by atoms with Gasteiger partial charge < -0.3 is 10.6 Å². The number of hydrogen-bond acceptors (Lipinski definition) is 3. The fourth-order valence-electron chi connectivity index (χ4n) is 2.81. The van der Waals surface area contributed by atoms with Crippen molar-refractivity contribution in [2.75, 3.05) is 6.54 Å². The number of aryl methyl sites for hydroxylation is 1. The van der Waals surface area contributed by atoms with E-state index in [-0.39, 0.29) is 5.91 Å². The van der Waals surface area contributed by atoms with E-state index in [2.05, 4.69) is 12.0 Å². The van der Waals surface area contributed by atoms with Gasteiger partial charge in [-0.15, -0.1) is 0 Å². The second-order valence-electron chi connectivity index (χ2n) is 5.37. The number of amides is 1. The van der Waals surface area contributed by atoms with Crippen LogP contribution in [0.2, 0.25) is 0 Å². The van der Waals surface area contributed by atoms with E-state index >= 15 is 0 Å². The molecule has 106 valence electrons. The Hall–Kier alpha value is -1.36. The third-order valence-corrected chi connectivity index (χ3v) is 3.98. The maximum absolute atomic E-state index is 12.6. The van der Waals surface area contributed by atoms with E-state index in [4.69, 9.17) is 5.73 Å². The molecule has 1 aromatic heterocycles. The molecule has 1 aliphatic heterocycles. The molecule has 19 heavy (non-hydrogen) atoms. The Balaban J connectivity index is 2.12. The Morgan fingerprint density at radius 2 is 2.32 bits per heavy atom. The van der Waals surface area contributed by atoms with E-state index in [0.29, 0.717) is 6.04 Å². The number of carbonyl (C=O) groups is 1. The molecule has 2 atom stereocenters. The van der Waals surface area contributed by atoms with Crippen molar-refractivity contribution < 1.29 is 4.79 Å². The van der Waals surface area contributed by atoms with Crippen molar-refractivity contribution in [3.05, 3.63) is 18.0 Å². The van der Waals surface area contributed by atoms with Crippen LogP contribution in [0, 0.1) is 0 Å². The highest BCUT2D eigenvalue weighted by Gasteiger charge is 2.29. The van der Waals surface area contributed by atoms with E-state index in [1.807, 2.05) is 18.1 Å². The number of aromatic nitrogens is 2. The van der Waals surface area contributed by atoms with E-state index in [1.54, 1.807) is 10.9 Å². The molecule has 1 aromatic rings. The second kappa shape index (κ2) is 6.19. The molecule has 0 bridgehead atoms.